The lowest BCUT2D eigenvalue weighted by Gasteiger charge is -2.11. The molecule has 1 N–H and O–H groups in total. The van der Waals surface area contributed by atoms with Gasteiger partial charge in [0, 0.05) is 34.8 Å². The number of para-hydroxylation sites is 1. The van der Waals surface area contributed by atoms with Crippen molar-refractivity contribution in [3.8, 4) is 0 Å². The van der Waals surface area contributed by atoms with Gasteiger partial charge in [-0.3, -0.25) is 4.79 Å². The number of hydrogen-bond acceptors (Lipinski definition) is 4. The zero-order chi connectivity index (χ0) is 16.4. The minimum atomic E-state index is -0.998. The molecule has 0 aliphatic rings. The highest BCUT2D eigenvalue weighted by Crippen LogP contribution is 2.20. The Labute approximate surface area is 131 Å². The van der Waals surface area contributed by atoms with Crippen LogP contribution in [0.2, 0.25) is 0 Å². The Morgan fingerprint density at radius 1 is 1.17 bits per heavy atom. The van der Waals surface area contributed by atoms with Crippen LogP contribution in [-0.4, -0.2) is 22.8 Å². The van der Waals surface area contributed by atoms with Gasteiger partial charge in [0.05, 0.1) is 0 Å². The molecule has 0 spiro atoms. The molecule has 0 aliphatic carbocycles. The number of aromatic amines is 1. The summed E-state index contributed by atoms with van der Waals surface area (Å²) in [6.45, 7) is 1.49. The van der Waals surface area contributed by atoms with Gasteiger partial charge in [0.25, 0.3) is 0 Å². The topological polar surface area (TPSA) is 86.1 Å². The molecule has 3 aromatic rings. The van der Waals surface area contributed by atoms with Crippen molar-refractivity contribution in [2.24, 2.45) is 0 Å². The molecule has 2 heterocycles. The van der Waals surface area contributed by atoms with Gasteiger partial charge in [-0.1, -0.05) is 18.2 Å². The average Bonchev–Trinajstić information content (AvgIpc) is 2.98. The van der Waals surface area contributed by atoms with Gasteiger partial charge < -0.3 is 14.9 Å². The summed E-state index contributed by atoms with van der Waals surface area (Å²) >= 11 is 0. The van der Waals surface area contributed by atoms with E-state index in [-0.39, 0.29) is 11.5 Å². The normalized spacial score (nSPS) is 12.0. The monoisotopic (exact) mass is 310 g/mol. The maximum Gasteiger partial charge on any atom is 0.405 e. The van der Waals surface area contributed by atoms with E-state index >= 15 is 0 Å². The molecule has 3 rings (SSSR count). The molecule has 6 nitrogen and oxygen atoms in total. The summed E-state index contributed by atoms with van der Waals surface area (Å²) in [7, 11) is 0. The summed E-state index contributed by atoms with van der Waals surface area (Å²) in [5.74, 6) is -1.16. The Kier molecular flexibility index (Phi) is 3.80. The van der Waals surface area contributed by atoms with E-state index in [4.69, 9.17) is 4.74 Å². The van der Waals surface area contributed by atoms with E-state index in [0.29, 0.717) is 10.3 Å². The molecule has 0 aliphatic heterocycles. The number of ketones is 1. The molecule has 6 heteroatoms. The van der Waals surface area contributed by atoms with Crippen LogP contribution in [-0.2, 0) is 4.74 Å². The second kappa shape index (κ2) is 5.92. The van der Waals surface area contributed by atoms with E-state index in [1.165, 1.54) is 25.3 Å². The van der Waals surface area contributed by atoms with E-state index in [2.05, 4.69) is 4.98 Å². The summed E-state index contributed by atoms with van der Waals surface area (Å²) < 4.78 is 5.54. The van der Waals surface area contributed by atoms with Crippen LogP contribution in [0.15, 0.2) is 54.9 Å². The summed E-state index contributed by atoms with van der Waals surface area (Å²) in [5.41, 5.74) is 1.12. The molecule has 0 fully saturated rings. The second-order valence-corrected chi connectivity index (χ2v) is 5.07. The first-order valence-electron chi connectivity index (χ1n) is 7.07. The maximum atomic E-state index is 12.5. The van der Waals surface area contributed by atoms with Gasteiger partial charge in [0.1, 0.15) is 0 Å². The van der Waals surface area contributed by atoms with Gasteiger partial charge in [-0.15, -0.1) is 0 Å². The average molecular weight is 310 g/mol. The van der Waals surface area contributed by atoms with Gasteiger partial charge in [-0.25, -0.2) is 4.79 Å². The van der Waals surface area contributed by atoms with Crippen LogP contribution in [0.1, 0.15) is 27.8 Å². The van der Waals surface area contributed by atoms with Gasteiger partial charge >= 0.3 is 11.7 Å². The molecule has 2 aromatic heterocycles. The number of carbonyl (C=O) groups is 2. The zero-order valence-corrected chi connectivity index (χ0v) is 12.4. The highest BCUT2D eigenvalue weighted by atomic mass is 16.6. The lowest BCUT2D eigenvalue weighted by molar-refractivity contribution is -0.608. The summed E-state index contributed by atoms with van der Waals surface area (Å²) in [6, 6.07) is 11.8. The fraction of sp³-hybridized carbons (Fsp3) is 0.118. The molecular formula is C17H14N2O4. The lowest BCUT2D eigenvalue weighted by atomic mass is 10.1. The second-order valence-electron chi connectivity index (χ2n) is 5.07. The van der Waals surface area contributed by atoms with Crippen LogP contribution >= 0.6 is 0 Å². The molecule has 0 saturated heterocycles. The highest BCUT2D eigenvalue weighted by Gasteiger charge is 2.25. The van der Waals surface area contributed by atoms with Crippen molar-refractivity contribution in [1.82, 2.24) is 4.98 Å². The number of fused-ring (bicyclic) bond motifs is 1. The Bertz CT molecular complexity index is 885. The van der Waals surface area contributed by atoms with E-state index in [9.17, 15) is 14.8 Å². The number of rotatable bonds is 4. The smallest absolute Gasteiger partial charge is 0.405 e. The van der Waals surface area contributed by atoms with E-state index in [0.717, 1.165) is 10.9 Å². The number of hydrogen-bond donors (Lipinski definition) is 1. The molecule has 0 radical (unpaired) electrons. The fourth-order valence-electron chi connectivity index (χ4n) is 2.36. The Hall–Kier alpha value is -3.15. The molecule has 0 unspecified atom stereocenters. The third-order valence-corrected chi connectivity index (χ3v) is 3.54. The summed E-state index contributed by atoms with van der Waals surface area (Å²) in [6.07, 6.45) is 1.79. The molecule has 1 atom stereocenters. The highest BCUT2D eigenvalue weighted by molar-refractivity contribution is 6.10. The first-order chi connectivity index (χ1) is 11.1. The van der Waals surface area contributed by atoms with E-state index in [1.54, 1.807) is 12.3 Å². The van der Waals surface area contributed by atoms with Gasteiger partial charge in [0.15, 0.2) is 12.3 Å². The van der Waals surface area contributed by atoms with Gasteiger partial charge in [0.2, 0.25) is 5.78 Å². The standard InChI is InChI=1S/C17H14N2O4/c1-11(23-17(21)15-8-4-5-9-19(15)22)16(20)13-10-18-14-7-3-2-6-12(13)14/h2-11,18H,1H3/t11-/m0/s1. The van der Waals surface area contributed by atoms with Crippen molar-refractivity contribution in [2.45, 2.75) is 13.0 Å². The zero-order valence-electron chi connectivity index (χ0n) is 12.4. The van der Waals surface area contributed by atoms with E-state index < -0.39 is 12.1 Å². The Morgan fingerprint density at radius 2 is 1.91 bits per heavy atom. The number of carbonyl (C=O) groups excluding carboxylic acids is 2. The predicted molar refractivity (Wildman–Crippen MR) is 82.9 cm³/mol. The quantitative estimate of drug-likeness (QED) is 0.346. The molecule has 0 saturated carbocycles. The number of H-pyrrole nitrogens is 1. The third-order valence-electron chi connectivity index (χ3n) is 3.54. The van der Waals surface area contributed by atoms with Crippen LogP contribution in [0.3, 0.4) is 0 Å². The lowest BCUT2D eigenvalue weighted by Crippen LogP contribution is -2.36. The van der Waals surface area contributed by atoms with Crippen molar-refractivity contribution >= 4 is 22.7 Å². The van der Waals surface area contributed by atoms with Crippen molar-refractivity contribution in [3.05, 3.63) is 71.3 Å². The minimum Gasteiger partial charge on any atom is -0.618 e. The first-order valence-corrected chi connectivity index (χ1v) is 7.07. The van der Waals surface area contributed by atoms with E-state index in [1.807, 2.05) is 24.3 Å². The molecule has 0 amide bonds. The van der Waals surface area contributed by atoms with Crippen LogP contribution in [0.4, 0.5) is 0 Å². The SMILES string of the molecule is C[C@H](OC(=O)c1cccc[n+]1[O-])C(=O)c1c[nH]c2ccccc12. The van der Waals surface area contributed by atoms with Crippen LogP contribution < -0.4 is 4.73 Å². The van der Waals surface area contributed by atoms with Crippen LogP contribution in [0.5, 0.6) is 0 Å². The third kappa shape index (κ3) is 2.78. The van der Waals surface area contributed by atoms with Crippen molar-refractivity contribution in [1.29, 1.82) is 0 Å². The number of ether oxygens (including phenoxy) is 1. The van der Waals surface area contributed by atoms with Crippen molar-refractivity contribution in [2.75, 3.05) is 0 Å². The maximum absolute atomic E-state index is 12.5. The molecule has 0 bridgehead atoms. The molecule has 116 valence electrons. The number of benzene rings is 1. The summed E-state index contributed by atoms with van der Waals surface area (Å²) in [5, 5.41) is 12.3. The number of esters is 1. The number of nitrogens with one attached hydrogen (secondary N) is 1. The first kappa shape index (κ1) is 14.8. The predicted octanol–water partition coefficient (Wildman–Crippen LogP) is 2.23. The van der Waals surface area contributed by atoms with Gasteiger partial charge in [-0.05, 0) is 19.1 Å². The fourth-order valence-corrected chi connectivity index (χ4v) is 2.36. The molecular weight excluding hydrogens is 296 g/mol. The molecule has 1 aromatic carbocycles. The van der Waals surface area contributed by atoms with Crippen LogP contribution in [0.25, 0.3) is 10.9 Å². The number of Topliss-reactive ketones (excluding diaryl/α,β-unsaturated/α-hetero) is 1. The minimum absolute atomic E-state index is 0.161. The number of pyridine rings is 1. The Morgan fingerprint density at radius 3 is 2.70 bits per heavy atom. The van der Waals surface area contributed by atoms with Crippen molar-refractivity contribution < 1.29 is 19.1 Å². The van der Waals surface area contributed by atoms with Crippen LogP contribution in [0, 0.1) is 5.21 Å². The summed E-state index contributed by atoms with van der Waals surface area (Å²) in [4.78, 5) is 27.5. The Balaban J connectivity index is 1.80. The van der Waals surface area contributed by atoms with Crippen molar-refractivity contribution in [3.63, 3.8) is 0 Å². The largest absolute Gasteiger partial charge is 0.618 e. The van der Waals surface area contributed by atoms with Gasteiger partial charge in [-0.2, -0.15) is 4.73 Å². The number of nitrogens with zero attached hydrogens (tertiary/aromatic N) is 1. The number of aromatic nitrogens is 2. The molecule has 23 heavy (non-hydrogen) atoms.